The SMILES string of the molecule is C=C[C@H]1C[N+]2(Cc3cc(OC)c(OC)cc3[N+](=O)[O-])CC[C@H]1C[C@@H]2[C@@H](O)c1ccnc2ccc(OC)cc12.[Br-]. The minimum absolute atomic E-state index is 0. The highest BCUT2D eigenvalue weighted by molar-refractivity contribution is 5.83. The fraction of sp³-hybridized carbons (Fsp3) is 0.414. The van der Waals surface area contributed by atoms with Gasteiger partial charge in [-0.25, -0.2) is 0 Å². The minimum Gasteiger partial charge on any atom is -1.00 e. The van der Waals surface area contributed by atoms with Gasteiger partial charge in [-0.2, -0.15) is 0 Å². The highest BCUT2D eigenvalue weighted by Crippen LogP contribution is 2.49. The van der Waals surface area contributed by atoms with Crippen molar-refractivity contribution in [1.82, 2.24) is 4.98 Å². The molecule has 5 atom stereocenters. The van der Waals surface area contributed by atoms with Crippen molar-refractivity contribution in [1.29, 1.82) is 0 Å². The van der Waals surface area contributed by atoms with Crippen LogP contribution in [0.1, 0.15) is 30.1 Å². The number of piperidine rings is 3. The molecule has 3 saturated heterocycles. The number of benzene rings is 2. The second kappa shape index (κ2) is 11.5. The molecule has 208 valence electrons. The van der Waals surface area contributed by atoms with E-state index in [2.05, 4.69) is 11.6 Å². The highest BCUT2D eigenvalue weighted by atomic mass is 79.9. The van der Waals surface area contributed by atoms with Gasteiger partial charge in [-0.05, 0) is 41.8 Å². The van der Waals surface area contributed by atoms with E-state index in [-0.39, 0.29) is 39.6 Å². The number of hydrogen-bond donors (Lipinski definition) is 1. The lowest BCUT2D eigenvalue weighted by Gasteiger charge is -2.58. The summed E-state index contributed by atoms with van der Waals surface area (Å²) in [5, 5.41) is 25.0. The summed E-state index contributed by atoms with van der Waals surface area (Å²) in [7, 11) is 4.61. The van der Waals surface area contributed by atoms with E-state index in [1.807, 2.05) is 30.3 Å². The third kappa shape index (κ3) is 5.08. The molecule has 3 aromatic rings. The zero-order valence-electron chi connectivity index (χ0n) is 22.4. The number of aliphatic hydroxyl groups is 1. The maximum absolute atomic E-state index is 12.1. The summed E-state index contributed by atoms with van der Waals surface area (Å²) in [6.45, 7) is 6.05. The van der Waals surface area contributed by atoms with Crippen LogP contribution in [0.25, 0.3) is 10.9 Å². The highest BCUT2D eigenvalue weighted by Gasteiger charge is 2.54. The van der Waals surface area contributed by atoms with Gasteiger partial charge in [-0.3, -0.25) is 15.1 Å². The zero-order chi connectivity index (χ0) is 27.0. The number of rotatable bonds is 9. The normalized spacial score (nSPS) is 24.5. The van der Waals surface area contributed by atoms with Crippen molar-refractivity contribution in [3.8, 4) is 17.2 Å². The van der Waals surface area contributed by atoms with Crippen molar-refractivity contribution in [3.05, 3.63) is 76.5 Å². The Labute approximate surface area is 238 Å². The number of hydrogen-bond acceptors (Lipinski definition) is 7. The number of quaternary nitrogens is 1. The first-order valence-corrected chi connectivity index (χ1v) is 12.8. The average molecular weight is 601 g/mol. The molecule has 1 unspecified atom stereocenters. The van der Waals surface area contributed by atoms with E-state index in [4.69, 9.17) is 14.2 Å². The van der Waals surface area contributed by atoms with Crippen LogP contribution in [0.4, 0.5) is 5.69 Å². The van der Waals surface area contributed by atoms with Crippen LogP contribution in [0, 0.1) is 22.0 Å². The molecule has 0 aliphatic carbocycles. The summed E-state index contributed by atoms with van der Waals surface area (Å²) in [6, 6.07) is 10.5. The van der Waals surface area contributed by atoms with E-state index in [9.17, 15) is 15.2 Å². The van der Waals surface area contributed by atoms with Crippen molar-refractivity contribution < 1.29 is 45.7 Å². The van der Waals surface area contributed by atoms with Gasteiger partial charge in [0.25, 0.3) is 5.69 Å². The quantitative estimate of drug-likeness (QED) is 0.173. The van der Waals surface area contributed by atoms with Crippen LogP contribution in [0.15, 0.2) is 55.3 Å². The van der Waals surface area contributed by atoms with Gasteiger partial charge in [0.15, 0.2) is 11.5 Å². The Morgan fingerprint density at radius 2 is 1.92 bits per heavy atom. The summed E-state index contributed by atoms with van der Waals surface area (Å²) < 4.78 is 16.8. The van der Waals surface area contributed by atoms with Crippen LogP contribution in [0.2, 0.25) is 0 Å². The van der Waals surface area contributed by atoms with Crippen LogP contribution in [-0.2, 0) is 6.54 Å². The maximum atomic E-state index is 12.1. The Hall–Kier alpha value is -3.21. The number of methoxy groups -OCH3 is 3. The fourth-order valence-electron chi connectivity index (χ4n) is 6.67. The fourth-order valence-corrected chi connectivity index (χ4v) is 6.67. The van der Waals surface area contributed by atoms with Crippen molar-refractivity contribution >= 4 is 16.6 Å². The van der Waals surface area contributed by atoms with Gasteiger partial charge in [0, 0.05) is 30.3 Å². The van der Waals surface area contributed by atoms with E-state index in [1.165, 1.54) is 20.3 Å². The third-order valence-corrected chi connectivity index (χ3v) is 8.61. The van der Waals surface area contributed by atoms with E-state index >= 15 is 0 Å². The molecule has 3 fully saturated rings. The lowest BCUT2D eigenvalue weighted by Crippen LogP contribution is -3.00. The number of nitro groups is 1. The summed E-state index contributed by atoms with van der Waals surface area (Å²) in [4.78, 5) is 16.2. The summed E-state index contributed by atoms with van der Waals surface area (Å²) in [5.41, 5.74) is 2.13. The van der Waals surface area contributed by atoms with Crippen molar-refractivity contribution in [3.63, 3.8) is 0 Å². The lowest BCUT2D eigenvalue weighted by molar-refractivity contribution is -0.985. The molecule has 3 aliphatic rings. The Bertz CT molecular complexity index is 1380. The second-order valence-corrected chi connectivity index (χ2v) is 10.4. The summed E-state index contributed by atoms with van der Waals surface area (Å²) >= 11 is 0. The Balaban J connectivity index is 0.00000353. The van der Waals surface area contributed by atoms with Crippen LogP contribution in [-0.4, -0.2) is 60.0 Å². The molecule has 0 radical (unpaired) electrons. The van der Waals surface area contributed by atoms with Gasteiger partial charge in [0.05, 0.1) is 56.5 Å². The van der Waals surface area contributed by atoms with Gasteiger partial charge >= 0.3 is 0 Å². The first-order valence-electron chi connectivity index (χ1n) is 12.8. The van der Waals surface area contributed by atoms with Crippen LogP contribution in [0.3, 0.4) is 0 Å². The molecule has 2 aromatic carbocycles. The number of halogens is 1. The lowest BCUT2D eigenvalue weighted by atomic mass is 9.71. The largest absolute Gasteiger partial charge is 1.00 e. The zero-order valence-corrected chi connectivity index (χ0v) is 24.0. The molecule has 3 aliphatic heterocycles. The van der Waals surface area contributed by atoms with Crippen molar-refractivity contribution in [2.24, 2.45) is 11.8 Å². The van der Waals surface area contributed by atoms with Gasteiger partial charge in [-0.15, -0.1) is 6.58 Å². The predicted molar refractivity (Wildman–Crippen MR) is 143 cm³/mol. The molecule has 10 heteroatoms. The number of ether oxygens (including phenoxy) is 3. The van der Waals surface area contributed by atoms with E-state index in [0.29, 0.717) is 39.8 Å². The minimum atomic E-state index is -0.791. The molecule has 9 nitrogen and oxygen atoms in total. The number of fused-ring (bicyclic) bond motifs is 4. The van der Waals surface area contributed by atoms with Gasteiger partial charge in [0.2, 0.25) is 0 Å². The smallest absolute Gasteiger partial charge is 0.282 e. The number of aromatic nitrogens is 1. The Morgan fingerprint density at radius 1 is 1.18 bits per heavy atom. The first kappa shape index (κ1) is 28.8. The number of nitrogens with zero attached hydrogens (tertiary/aromatic N) is 3. The molecule has 39 heavy (non-hydrogen) atoms. The van der Waals surface area contributed by atoms with E-state index in [0.717, 1.165) is 42.4 Å². The van der Waals surface area contributed by atoms with Crippen molar-refractivity contribution in [2.75, 3.05) is 34.4 Å². The number of aliphatic hydroxyl groups excluding tert-OH is 1. The predicted octanol–water partition coefficient (Wildman–Crippen LogP) is 1.82. The molecule has 0 spiro atoms. The standard InChI is InChI=1S/C29H34N3O6.BrH/c1-5-18-16-32(17-20-13-27(37-3)28(38-4)15-25(20)31(34)35)11-9-19(18)12-26(32)29(33)22-8-10-30-24-7-6-21(36-2)14-23(22)24;/h5-8,10,13-15,18-19,26,29,33H,1,9,11-12,16-17H2,2-4H3;1H/q+1;/p-1/t18-,19-,26+,29-,32?;/m0./s1. The molecular weight excluding hydrogens is 566 g/mol. The van der Waals surface area contributed by atoms with E-state index in [1.54, 1.807) is 19.4 Å². The molecule has 0 saturated carbocycles. The Morgan fingerprint density at radius 3 is 2.59 bits per heavy atom. The summed E-state index contributed by atoms with van der Waals surface area (Å²) in [6.07, 6.45) is 4.72. The first-order chi connectivity index (χ1) is 18.3. The average Bonchev–Trinajstić information content (AvgIpc) is 2.95. The van der Waals surface area contributed by atoms with Gasteiger partial charge in [0.1, 0.15) is 24.4 Å². The van der Waals surface area contributed by atoms with Crippen LogP contribution >= 0.6 is 0 Å². The molecular formula is C29H34BrN3O6. The molecule has 1 aromatic heterocycles. The molecule has 6 rings (SSSR count). The third-order valence-electron chi connectivity index (χ3n) is 8.61. The Kier molecular flexibility index (Phi) is 8.48. The molecule has 1 N–H and O–H groups in total. The summed E-state index contributed by atoms with van der Waals surface area (Å²) in [5.74, 6) is 2.15. The topological polar surface area (TPSA) is 104 Å². The maximum Gasteiger partial charge on any atom is 0.282 e. The van der Waals surface area contributed by atoms with Crippen LogP contribution in [0.5, 0.6) is 17.2 Å². The van der Waals surface area contributed by atoms with Gasteiger partial charge < -0.3 is 40.8 Å². The van der Waals surface area contributed by atoms with E-state index < -0.39 is 6.10 Å². The van der Waals surface area contributed by atoms with Gasteiger partial charge in [-0.1, -0.05) is 6.08 Å². The molecule has 4 heterocycles. The molecule has 0 amide bonds. The molecule has 2 bridgehead atoms. The second-order valence-electron chi connectivity index (χ2n) is 10.4. The van der Waals surface area contributed by atoms with Crippen molar-refractivity contribution in [2.45, 2.75) is 31.5 Å². The monoisotopic (exact) mass is 599 g/mol. The number of pyridine rings is 1. The van der Waals surface area contributed by atoms with Crippen LogP contribution < -0.4 is 31.2 Å². The number of nitro benzene ring substituents is 1.